The number of fused-ring (bicyclic) bond motifs is 1. The molecule has 0 aliphatic carbocycles. The maximum atomic E-state index is 12.7. The Kier molecular flexibility index (Phi) is 5.69. The molecule has 2 N–H and O–H groups in total. The fourth-order valence-corrected chi connectivity index (χ4v) is 4.28. The fourth-order valence-electron chi connectivity index (χ4n) is 3.04. The Labute approximate surface area is 164 Å². The third-order valence-corrected chi connectivity index (χ3v) is 5.91. The summed E-state index contributed by atoms with van der Waals surface area (Å²) in [4.78, 5) is 11.4. The van der Waals surface area contributed by atoms with E-state index in [0.717, 1.165) is 5.56 Å². The summed E-state index contributed by atoms with van der Waals surface area (Å²) in [6.45, 7) is 6.16. The summed E-state index contributed by atoms with van der Waals surface area (Å²) in [5.74, 6) is 0. The molecule has 1 heterocycles. The van der Waals surface area contributed by atoms with Crippen LogP contribution in [-0.2, 0) is 10.0 Å². The molecule has 3 aromatic rings. The predicted octanol–water partition coefficient (Wildman–Crippen LogP) is 3.20. The SMILES string of the molecule is CC(NC(C)(C)CNS(=O)(=O)c1ccc2oc(=O)ccc2c1)c1ccccc1. The standard InChI is InChI=1S/C21H24N2O4S/c1-15(16-7-5-4-6-8-16)23-21(2,3)14-22-28(25,26)18-10-11-19-17(13-18)9-12-20(24)27-19/h4-13,15,22-23H,14H2,1-3H3. The van der Waals surface area contributed by atoms with Crippen LogP contribution in [0, 0.1) is 0 Å². The summed E-state index contributed by atoms with van der Waals surface area (Å²) in [6.07, 6.45) is 0. The molecule has 0 aliphatic rings. The van der Waals surface area contributed by atoms with E-state index in [0.29, 0.717) is 11.0 Å². The maximum Gasteiger partial charge on any atom is 0.336 e. The highest BCUT2D eigenvalue weighted by molar-refractivity contribution is 7.89. The number of rotatable bonds is 7. The Morgan fingerprint density at radius 3 is 2.46 bits per heavy atom. The first-order valence-electron chi connectivity index (χ1n) is 9.03. The van der Waals surface area contributed by atoms with Gasteiger partial charge in [-0.2, -0.15) is 0 Å². The average molecular weight is 401 g/mol. The highest BCUT2D eigenvalue weighted by Gasteiger charge is 2.24. The molecule has 0 spiro atoms. The van der Waals surface area contributed by atoms with Crippen molar-refractivity contribution >= 4 is 21.0 Å². The van der Waals surface area contributed by atoms with Crippen LogP contribution in [0.3, 0.4) is 0 Å². The van der Waals surface area contributed by atoms with Crippen molar-refractivity contribution in [2.75, 3.05) is 6.54 Å². The maximum absolute atomic E-state index is 12.7. The van der Waals surface area contributed by atoms with Gasteiger partial charge in [0.05, 0.1) is 4.90 Å². The minimum Gasteiger partial charge on any atom is -0.423 e. The second-order valence-electron chi connectivity index (χ2n) is 7.44. The zero-order chi connectivity index (χ0) is 20.4. The highest BCUT2D eigenvalue weighted by Crippen LogP contribution is 2.19. The number of hydrogen-bond acceptors (Lipinski definition) is 5. The lowest BCUT2D eigenvalue weighted by atomic mass is 10.0. The van der Waals surface area contributed by atoms with Gasteiger partial charge >= 0.3 is 5.63 Å². The average Bonchev–Trinajstić information content (AvgIpc) is 2.66. The van der Waals surface area contributed by atoms with Gasteiger partial charge in [0.2, 0.25) is 10.0 Å². The smallest absolute Gasteiger partial charge is 0.336 e. The minimum absolute atomic E-state index is 0.0734. The minimum atomic E-state index is -3.71. The van der Waals surface area contributed by atoms with Gasteiger partial charge in [0.1, 0.15) is 5.58 Å². The molecule has 7 heteroatoms. The van der Waals surface area contributed by atoms with Crippen LogP contribution in [0.25, 0.3) is 11.0 Å². The van der Waals surface area contributed by atoms with Crippen LogP contribution in [0.1, 0.15) is 32.4 Å². The molecule has 0 radical (unpaired) electrons. The predicted molar refractivity (Wildman–Crippen MR) is 110 cm³/mol. The Balaban J connectivity index is 1.71. The van der Waals surface area contributed by atoms with Gasteiger partial charge in [0, 0.05) is 29.6 Å². The van der Waals surface area contributed by atoms with E-state index in [1.165, 1.54) is 24.3 Å². The van der Waals surface area contributed by atoms with Crippen molar-refractivity contribution in [1.82, 2.24) is 10.0 Å². The van der Waals surface area contributed by atoms with Crippen LogP contribution >= 0.6 is 0 Å². The summed E-state index contributed by atoms with van der Waals surface area (Å²) in [5.41, 5.74) is 0.549. The quantitative estimate of drug-likeness (QED) is 0.595. The van der Waals surface area contributed by atoms with Crippen molar-refractivity contribution in [3.63, 3.8) is 0 Å². The van der Waals surface area contributed by atoms with Crippen LogP contribution in [0.5, 0.6) is 0 Å². The van der Waals surface area contributed by atoms with Crippen LogP contribution in [0.4, 0.5) is 0 Å². The lowest BCUT2D eigenvalue weighted by molar-refractivity contribution is 0.346. The van der Waals surface area contributed by atoms with Crippen molar-refractivity contribution in [3.05, 3.63) is 76.6 Å². The molecule has 1 atom stereocenters. The van der Waals surface area contributed by atoms with E-state index in [4.69, 9.17) is 4.42 Å². The largest absolute Gasteiger partial charge is 0.423 e. The number of benzene rings is 2. The van der Waals surface area contributed by atoms with Crippen LogP contribution in [0.15, 0.2) is 74.8 Å². The lowest BCUT2D eigenvalue weighted by Crippen LogP contribution is -2.49. The lowest BCUT2D eigenvalue weighted by Gasteiger charge is -2.30. The van der Waals surface area contributed by atoms with E-state index in [1.54, 1.807) is 6.07 Å². The summed E-state index contributed by atoms with van der Waals surface area (Å²) in [5, 5.41) is 4.01. The van der Waals surface area contributed by atoms with Crippen molar-refractivity contribution < 1.29 is 12.8 Å². The van der Waals surface area contributed by atoms with Gasteiger partial charge in [-0.25, -0.2) is 17.9 Å². The summed E-state index contributed by atoms with van der Waals surface area (Å²) < 4.78 is 33.1. The molecule has 28 heavy (non-hydrogen) atoms. The van der Waals surface area contributed by atoms with Gasteiger partial charge in [0.25, 0.3) is 0 Å². The van der Waals surface area contributed by atoms with Crippen LogP contribution in [0.2, 0.25) is 0 Å². The number of hydrogen-bond donors (Lipinski definition) is 2. The van der Waals surface area contributed by atoms with Gasteiger partial charge < -0.3 is 9.73 Å². The third-order valence-electron chi connectivity index (χ3n) is 4.51. The second kappa shape index (κ2) is 7.87. The van der Waals surface area contributed by atoms with E-state index < -0.39 is 21.2 Å². The fraction of sp³-hybridized carbons (Fsp3) is 0.286. The van der Waals surface area contributed by atoms with Crippen molar-refractivity contribution in [3.8, 4) is 0 Å². The Morgan fingerprint density at radius 2 is 1.75 bits per heavy atom. The molecule has 0 amide bonds. The zero-order valence-corrected chi connectivity index (χ0v) is 16.9. The Hall–Kier alpha value is -2.48. The van der Waals surface area contributed by atoms with E-state index in [2.05, 4.69) is 10.0 Å². The zero-order valence-electron chi connectivity index (χ0n) is 16.1. The van der Waals surface area contributed by atoms with Crippen molar-refractivity contribution in [2.45, 2.75) is 37.2 Å². The molecule has 0 saturated carbocycles. The van der Waals surface area contributed by atoms with Crippen molar-refractivity contribution in [1.29, 1.82) is 0 Å². The molecule has 0 bridgehead atoms. The number of sulfonamides is 1. The molecule has 1 aromatic heterocycles. The summed E-state index contributed by atoms with van der Waals surface area (Å²) in [6, 6.07) is 17.3. The van der Waals surface area contributed by atoms with Gasteiger partial charge in [-0.05, 0) is 50.6 Å². The molecule has 0 fully saturated rings. The summed E-state index contributed by atoms with van der Waals surface area (Å²) in [7, 11) is -3.71. The van der Waals surface area contributed by atoms with E-state index >= 15 is 0 Å². The molecular formula is C21H24N2O4S. The molecular weight excluding hydrogens is 376 g/mol. The first-order chi connectivity index (χ1) is 13.2. The molecule has 2 aromatic carbocycles. The van der Waals surface area contributed by atoms with E-state index in [9.17, 15) is 13.2 Å². The van der Waals surface area contributed by atoms with Crippen LogP contribution < -0.4 is 15.7 Å². The highest BCUT2D eigenvalue weighted by atomic mass is 32.2. The Morgan fingerprint density at radius 1 is 1.04 bits per heavy atom. The Bertz CT molecular complexity index is 1120. The van der Waals surface area contributed by atoms with Crippen molar-refractivity contribution in [2.24, 2.45) is 0 Å². The normalized spacial score (nSPS) is 13.5. The van der Waals surface area contributed by atoms with Gasteiger partial charge in [-0.3, -0.25) is 0 Å². The molecule has 6 nitrogen and oxygen atoms in total. The molecule has 0 saturated heterocycles. The summed E-state index contributed by atoms with van der Waals surface area (Å²) >= 11 is 0. The van der Waals surface area contributed by atoms with E-state index in [1.807, 2.05) is 51.1 Å². The second-order valence-corrected chi connectivity index (χ2v) is 9.21. The molecule has 1 unspecified atom stereocenters. The molecule has 3 rings (SSSR count). The first kappa shape index (κ1) is 20.3. The first-order valence-corrected chi connectivity index (χ1v) is 10.5. The molecule has 148 valence electrons. The van der Waals surface area contributed by atoms with Crippen LogP contribution in [-0.4, -0.2) is 20.5 Å². The van der Waals surface area contributed by atoms with E-state index in [-0.39, 0.29) is 17.5 Å². The third kappa shape index (κ3) is 4.86. The monoisotopic (exact) mass is 400 g/mol. The van der Waals surface area contributed by atoms with Gasteiger partial charge in [-0.15, -0.1) is 0 Å². The molecule has 0 aliphatic heterocycles. The topological polar surface area (TPSA) is 88.4 Å². The van der Waals surface area contributed by atoms with Gasteiger partial charge in [-0.1, -0.05) is 30.3 Å². The number of nitrogens with one attached hydrogen (secondary N) is 2. The van der Waals surface area contributed by atoms with Gasteiger partial charge in [0.15, 0.2) is 0 Å².